The van der Waals surface area contributed by atoms with Gasteiger partial charge in [-0.25, -0.2) is 4.79 Å². The van der Waals surface area contributed by atoms with Crippen LogP contribution in [0.25, 0.3) is 0 Å². The molecule has 0 aromatic heterocycles. The van der Waals surface area contributed by atoms with Crippen molar-refractivity contribution in [2.45, 2.75) is 38.5 Å². The number of hydrogen-bond acceptors (Lipinski definition) is 3. The number of carbonyl (C=O) groups is 2. The molecule has 0 bridgehead atoms. The van der Waals surface area contributed by atoms with Crippen molar-refractivity contribution in [3.8, 4) is 0 Å². The third kappa shape index (κ3) is 3.29. The van der Waals surface area contributed by atoms with Crippen molar-refractivity contribution in [2.75, 3.05) is 18.4 Å². The van der Waals surface area contributed by atoms with Crippen molar-refractivity contribution in [1.29, 1.82) is 0 Å². The number of halogens is 3. The fraction of sp³-hybridized carbons (Fsp3) is 0.529. The average Bonchev–Trinajstić information content (AvgIpc) is 2.90. The van der Waals surface area contributed by atoms with Crippen LogP contribution < -0.4 is 5.32 Å². The molecule has 1 fully saturated rings. The predicted molar refractivity (Wildman–Crippen MR) is 84.1 cm³/mol. The molecular formula is C17H19F3N2O3. The van der Waals surface area contributed by atoms with Crippen LogP contribution >= 0.6 is 0 Å². The van der Waals surface area contributed by atoms with Crippen LogP contribution in [0.15, 0.2) is 18.2 Å². The molecule has 2 aliphatic rings. The first kappa shape index (κ1) is 17.6. The van der Waals surface area contributed by atoms with E-state index in [0.717, 1.165) is 6.07 Å². The quantitative estimate of drug-likeness (QED) is 0.773. The summed E-state index contributed by atoms with van der Waals surface area (Å²) in [5.74, 6) is -1.55. The van der Waals surface area contributed by atoms with Gasteiger partial charge in [-0.3, -0.25) is 4.79 Å². The summed E-state index contributed by atoms with van der Waals surface area (Å²) < 4.78 is 44.9. The van der Waals surface area contributed by atoms with E-state index in [9.17, 15) is 22.8 Å². The van der Waals surface area contributed by atoms with Crippen molar-refractivity contribution >= 4 is 17.7 Å². The zero-order valence-corrected chi connectivity index (χ0v) is 14.1. The summed E-state index contributed by atoms with van der Waals surface area (Å²) in [6, 6.07) is 3.84. The minimum Gasteiger partial charge on any atom is -0.444 e. The van der Waals surface area contributed by atoms with E-state index in [1.807, 2.05) is 0 Å². The van der Waals surface area contributed by atoms with Crippen LogP contribution in [-0.4, -0.2) is 35.6 Å². The van der Waals surface area contributed by atoms with E-state index < -0.39 is 41.2 Å². The second-order valence-electron chi connectivity index (χ2n) is 7.36. The molecule has 0 saturated carbocycles. The van der Waals surface area contributed by atoms with E-state index in [1.165, 1.54) is 11.0 Å². The number of carbonyl (C=O) groups excluding carboxylic acids is 2. The van der Waals surface area contributed by atoms with Gasteiger partial charge in [0, 0.05) is 19.0 Å². The number of nitrogens with zero attached hydrogens (tertiary/aromatic N) is 1. The lowest BCUT2D eigenvalue weighted by Gasteiger charge is -2.29. The van der Waals surface area contributed by atoms with Gasteiger partial charge >= 0.3 is 12.3 Å². The minimum atomic E-state index is -4.56. The molecule has 8 heteroatoms. The molecule has 2 heterocycles. The largest absolute Gasteiger partial charge is 0.444 e. The highest BCUT2D eigenvalue weighted by atomic mass is 19.4. The number of rotatable bonds is 0. The molecule has 0 unspecified atom stereocenters. The van der Waals surface area contributed by atoms with Gasteiger partial charge in [0.15, 0.2) is 0 Å². The van der Waals surface area contributed by atoms with Crippen molar-refractivity contribution in [1.82, 2.24) is 4.90 Å². The van der Waals surface area contributed by atoms with Gasteiger partial charge in [0.25, 0.3) is 0 Å². The second kappa shape index (κ2) is 5.64. The van der Waals surface area contributed by atoms with E-state index in [-0.39, 0.29) is 18.8 Å². The monoisotopic (exact) mass is 356 g/mol. The van der Waals surface area contributed by atoms with Gasteiger partial charge in [-0.15, -0.1) is 0 Å². The van der Waals surface area contributed by atoms with E-state index in [1.54, 1.807) is 26.8 Å². The van der Waals surface area contributed by atoms with Gasteiger partial charge in [-0.05, 0) is 32.4 Å². The van der Waals surface area contributed by atoms with Gasteiger partial charge in [0.05, 0.1) is 17.2 Å². The maximum atomic E-state index is 13.2. The smallest absolute Gasteiger partial charge is 0.418 e. The first-order chi connectivity index (χ1) is 11.5. The zero-order valence-electron chi connectivity index (χ0n) is 14.1. The molecule has 1 aromatic rings. The number of amides is 2. The number of nitrogens with one attached hydrogen (secondary N) is 1. The number of fused-ring (bicyclic) bond motifs is 3. The number of ether oxygens (including phenoxy) is 1. The van der Waals surface area contributed by atoms with Crippen molar-refractivity contribution < 1.29 is 27.5 Å². The van der Waals surface area contributed by atoms with Gasteiger partial charge in [0.2, 0.25) is 5.91 Å². The fourth-order valence-corrected chi connectivity index (χ4v) is 3.33. The first-order valence-corrected chi connectivity index (χ1v) is 7.96. The van der Waals surface area contributed by atoms with Crippen molar-refractivity contribution in [3.05, 3.63) is 29.3 Å². The standard InChI is InChI=1S/C17H19F3N2O3/c1-16(2,3)25-15(24)22-7-10-9-5-4-6-12(17(18,19)20)13(9)21-14(23)11(10)8-22/h4-6,10-11H,7-8H2,1-3H3,(H,21,23)/t10-,11+/m1/s1. The summed E-state index contributed by atoms with van der Waals surface area (Å²) in [6.45, 7) is 5.46. The van der Waals surface area contributed by atoms with Gasteiger partial charge in [-0.2, -0.15) is 13.2 Å². The molecular weight excluding hydrogens is 337 g/mol. The molecule has 1 saturated heterocycles. The van der Waals surface area contributed by atoms with Crippen LogP contribution in [-0.2, 0) is 15.7 Å². The Labute approximate surface area is 143 Å². The maximum Gasteiger partial charge on any atom is 0.418 e. The highest BCUT2D eigenvalue weighted by molar-refractivity contribution is 5.98. The summed E-state index contributed by atoms with van der Waals surface area (Å²) in [6.07, 6.45) is -5.13. The van der Waals surface area contributed by atoms with Crippen LogP contribution in [0.1, 0.15) is 37.8 Å². The maximum absolute atomic E-state index is 13.2. The van der Waals surface area contributed by atoms with Crippen LogP contribution in [0.4, 0.5) is 23.7 Å². The van der Waals surface area contributed by atoms with E-state index in [0.29, 0.717) is 5.56 Å². The average molecular weight is 356 g/mol. The summed E-state index contributed by atoms with van der Waals surface area (Å²) in [4.78, 5) is 25.9. The summed E-state index contributed by atoms with van der Waals surface area (Å²) >= 11 is 0. The van der Waals surface area contributed by atoms with Crippen molar-refractivity contribution in [3.63, 3.8) is 0 Å². The molecule has 3 rings (SSSR count). The number of anilines is 1. The number of likely N-dealkylation sites (tertiary alicyclic amines) is 1. The lowest BCUT2D eigenvalue weighted by molar-refractivity contribution is -0.137. The summed E-state index contributed by atoms with van der Waals surface area (Å²) in [5, 5.41) is 2.38. The molecule has 2 amide bonds. The third-order valence-corrected chi connectivity index (χ3v) is 4.36. The van der Waals surface area contributed by atoms with Gasteiger partial charge < -0.3 is 15.0 Å². The lowest BCUT2D eigenvalue weighted by Crippen LogP contribution is -2.36. The molecule has 0 aliphatic carbocycles. The number of hydrogen-bond donors (Lipinski definition) is 1. The molecule has 2 aliphatic heterocycles. The molecule has 136 valence electrons. The number of benzene rings is 1. The SMILES string of the molecule is CC(C)(C)OC(=O)N1C[C@@H]2C(=O)Nc3c(cccc3C(F)(F)F)[C@H]2C1. The second-order valence-corrected chi connectivity index (χ2v) is 7.36. The fourth-order valence-electron chi connectivity index (χ4n) is 3.33. The van der Waals surface area contributed by atoms with Crippen LogP contribution in [0, 0.1) is 5.92 Å². The van der Waals surface area contributed by atoms with Crippen LogP contribution in [0.2, 0.25) is 0 Å². The molecule has 2 atom stereocenters. The minimum absolute atomic E-state index is 0.126. The van der Waals surface area contributed by atoms with Gasteiger partial charge in [0.1, 0.15) is 5.60 Å². The highest BCUT2D eigenvalue weighted by Gasteiger charge is 2.47. The Morgan fingerprint density at radius 3 is 2.44 bits per heavy atom. The molecule has 1 N–H and O–H groups in total. The Morgan fingerprint density at radius 1 is 1.20 bits per heavy atom. The molecule has 1 aromatic carbocycles. The van der Waals surface area contributed by atoms with E-state index in [4.69, 9.17) is 4.74 Å². The molecule has 0 spiro atoms. The Bertz CT molecular complexity index is 725. The Kier molecular flexibility index (Phi) is 3.96. The van der Waals surface area contributed by atoms with E-state index >= 15 is 0 Å². The Hall–Kier alpha value is -2.25. The van der Waals surface area contributed by atoms with E-state index in [2.05, 4.69) is 5.32 Å². The first-order valence-electron chi connectivity index (χ1n) is 7.96. The molecule has 25 heavy (non-hydrogen) atoms. The molecule has 0 radical (unpaired) electrons. The van der Waals surface area contributed by atoms with Crippen LogP contribution in [0.5, 0.6) is 0 Å². The number of para-hydroxylation sites is 1. The third-order valence-electron chi connectivity index (χ3n) is 4.36. The molecule has 5 nitrogen and oxygen atoms in total. The van der Waals surface area contributed by atoms with Gasteiger partial charge in [-0.1, -0.05) is 12.1 Å². The Balaban J connectivity index is 1.92. The lowest BCUT2D eigenvalue weighted by atomic mass is 9.83. The topological polar surface area (TPSA) is 58.6 Å². The zero-order chi connectivity index (χ0) is 18.6. The summed E-state index contributed by atoms with van der Waals surface area (Å²) in [5.41, 5.74) is -1.35. The van der Waals surface area contributed by atoms with Crippen molar-refractivity contribution in [2.24, 2.45) is 5.92 Å². The normalized spacial score (nSPS) is 23.0. The predicted octanol–water partition coefficient (Wildman–Crippen LogP) is 3.61. The number of alkyl halides is 3. The Morgan fingerprint density at radius 2 is 1.84 bits per heavy atom. The highest BCUT2D eigenvalue weighted by Crippen LogP contribution is 2.46. The van der Waals surface area contributed by atoms with Crippen LogP contribution in [0.3, 0.4) is 0 Å². The summed E-state index contributed by atoms with van der Waals surface area (Å²) in [7, 11) is 0.